The normalized spacial score (nSPS) is 13.2. The van der Waals surface area contributed by atoms with Gasteiger partial charge in [0.2, 0.25) is 0 Å². The summed E-state index contributed by atoms with van der Waals surface area (Å²) in [6.45, 7) is 3.23. The summed E-state index contributed by atoms with van der Waals surface area (Å²) in [4.78, 5) is 27.9. The maximum atomic E-state index is 12.2. The molecule has 0 saturated heterocycles. The quantitative estimate of drug-likeness (QED) is 0.558. The van der Waals surface area contributed by atoms with Gasteiger partial charge in [-0.15, -0.1) is 0 Å². The van der Waals surface area contributed by atoms with Gasteiger partial charge in [-0.2, -0.15) is 0 Å². The average molecular weight is 409 g/mol. The minimum absolute atomic E-state index is 0.0203. The van der Waals surface area contributed by atoms with E-state index in [0.717, 1.165) is 6.08 Å². The molecule has 2 rings (SSSR count). The number of aromatic hydroxyl groups is 1. The second kappa shape index (κ2) is 9.39. The number of pyridine rings is 1. The van der Waals surface area contributed by atoms with Gasteiger partial charge >= 0.3 is 5.97 Å². The lowest BCUT2D eigenvalue weighted by atomic mass is 10.1. The summed E-state index contributed by atoms with van der Waals surface area (Å²) < 4.78 is 5.08. The second-order valence-corrected chi connectivity index (χ2v) is 6.63. The zero-order valence-electron chi connectivity index (χ0n) is 14.6. The highest BCUT2D eigenvalue weighted by atomic mass is 35.5. The van der Waals surface area contributed by atoms with Gasteiger partial charge in [-0.3, -0.25) is 9.78 Å². The molecule has 2 aromatic rings. The third-order valence-corrected chi connectivity index (χ3v) is 4.17. The van der Waals surface area contributed by atoms with E-state index in [1.807, 2.05) is 0 Å². The molecule has 2 unspecified atom stereocenters. The van der Waals surface area contributed by atoms with Crippen molar-refractivity contribution in [3.8, 4) is 5.75 Å². The van der Waals surface area contributed by atoms with E-state index >= 15 is 0 Å². The minimum atomic E-state index is -1.00. The fourth-order valence-electron chi connectivity index (χ4n) is 2.23. The van der Waals surface area contributed by atoms with Gasteiger partial charge in [0.05, 0.1) is 12.2 Å². The van der Waals surface area contributed by atoms with Crippen LogP contribution in [0.3, 0.4) is 0 Å². The van der Waals surface area contributed by atoms with Gasteiger partial charge in [-0.05, 0) is 49.2 Å². The van der Waals surface area contributed by atoms with E-state index in [9.17, 15) is 14.7 Å². The fourth-order valence-corrected chi connectivity index (χ4v) is 2.80. The number of halogens is 2. The molecular weight excluding hydrogens is 391 g/mol. The molecular formula is C19H18Cl2N2O4. The Morgan fingerprint density at radius 3 is 2.63 bits per heavy atom. The number of aromatic nitrogens is 1. The molecule has 27 heavy (non-hydrogen) atoms. The van der Waals surface area contributed by atoms with Crippen molar-refractivity contribution in [2.75, 3.05) is 0 Å². The number of rotatable bonds is 6. The molecule has 0 radical (unpaired) electrons. The monoisotopic (exact) mass is 408 g/mol. The SMILES string of the molecule is CC(OC(=O)C=Cc1cncc(O)c1)C(=O)NC(C)c1ccc(Cl)cc1Cl. The van der Waals surface area contributed by atoms with Crippen molar-refractivity contribution in [1.82, 2.24) is 10.3 Å². The zero-order chi connectivity index (χ0) is 20.0. The number of nitrogens with one attached hydrogen (secondary N) is 1. The van der Waals surface area contributed by atoms with Crippen molar-refractivity contribution in [3.05, 3.63) is 63.9 Å². The zero-order valence-corrected chi connectivity index (χ0v) is 16.2. The first-order chi connectivity index (χ1) is 12.8. The third kappa shape index (κ3) is 6.27. The summed E-state index contributed by atoms with van der Waals surface area (Å²) >= 11 is 12.0. The molecule has 0 aliphatic carbocycles. The predicted molar refractivity (Wildman–Crippen MR) is 104 cm³/mol. The van der Waals surface area contributed by atoms with E-state index in [0.29, 0.717) is 21.2 Å². The highest BCUT2D eigenvalue weighted by Crippen LogP contribution is 2.26. The van der Waals surface area contributed by atoms with Crippen LogP contribution in [0.1, 0.15) is 31.0 Å². The van der Waals surface area contributed by atoms with Crippen LogP contribution in [0.25, 0.3) is 6.08 Å². The van der Waals surface area contributed by atoms with E-state index in [2.05, 4.69) is 10.3 Å². The number of ether oxygens (including phenoxy) is 1. The Morgan fingerprint density at radius 1 is 1.22 bits per heavy atom. The van der Waals surface area contributed by atoms with Gasteiger partial charge in [0.15, 0.2) is 6.10 Å². The number of hydrogen-bond donors (Lipinski definition) is 2. The standard InChI is InChI=1S/C19H18Cl2N2O4/c1-11(16-5-4-14(20)8-17(16)21)23-19(26)12(2)27-18(25)6-3-13-7-15(24)10-22-9-13/h3-12,24H,1-2H3,(H,23,26). The van der Waals surface area contributed by atoms with Crippen LogP contribution in [0, 0.1) is 0 Å². The highest BCUT2D eigenvalue weighted by molar-refractivity contribution is 6.35. The molecule has 1 aromatic heterocycles. The molecule has 142 valence electrons. The molecule has 0 aliphatic rings. The van der Waals surface area contributed by atoms with Crippen LogP contribution in [-0.4, -0.2) is 28.1 Å². The van der Waals surface area contributed by atoms with E-state index in [1.54, 1.807) is 25.1 Å². The van der Waals surface area contributed by atoms with Crippen molar-refractivity contribution in [3.63, 3.8) is 0 Å². The van der Waals surface area contributed by atoms with Crippen LogP contribution in [0.4, 0.5) is 0 Å². The first kappa shape index (κ1) is 20.7. The number of esters is 1. The van der Waals surface area contributed by atoms with Gasteiger partial charge < -0.3 is 15.2 Å². The first-order valence-electron chi connectivity index (χ1n) is 8.04. The summed E-state index contributed by atoms with van der Waals surface area (Å²) in [5, 5.41) is 13.0. The molecule has 1 heterocycles. The Balaban J connectivity index is 1.91. The molecule has 0 saturated carbocycles. The van der Waals surface area contributed by atoms with Crippen LogP contribution in [0.2, 0.25) is 10.0 Å². The highest BCUT2D eigenvalue weighted by Gasteiger charge is 2.20. The van der Waals surface area contributed by atoms with Crippen molar-refractivity contribution >= 4 is 41.2 Å². The molecule has 2 atom stereocenters. The van der Waals surface area contributed by atoms with Crippen LogP contribution in [-0.2, 0) is 14.3 Å². The van der Waals surface area contributed by atoms with Gasteiger partial charge in [0, 0.05) is 22.3 Å². The molecule has 0 bridgehead atoms. The number of carbonyl (C=O) groups is 2. The topological polar surface area (TPSA) is 88.5 Å². The lowest BCUT2D eigenvalue weighted by molar-refractivity contribution is -0.150. The Hall–Kier alpha value is -2.57. The average Bonchev–Trinajstić information content (AvgIpc) is 2.59. The maximum absolute atomic E-state index is 12.2. The Bertz CT molecular complexity index is 871. The number of hydrogen-bond acceptors (Lipinski definition) is 5. The molecule has 1 aromatic carbocycles. The van der Waals surface area contributed by atoms with Gasteiger partial charge in [0.25, 0.3) is 5.91 Å². The van der Waals surface area contributed by atoms with Gasteiger partial charge in [-0.1, -0.05) is 29.3 Å². The number of benzene rings is 1. The van der Waals surface area contributed by atoms with E-state index in [4.69, 9.17) is 27.9 Å². The van der Waals surface area contributed by atoms with Crippen LogP contribution < -0.4 is 5.32 Å². The molecule has 0 spiro atoms. The Morgan fingerprint density at radius 2 is 1.96 bits per heavy atom. The van der Waals surface area contributed by atoms with Gasteiger partial charge in [0.1, 0.15) is 5.75 Å². The lowest BCUT2D eigenvalue weighted by Gasteiger charge is -2.19. The van der Waals surface area contributed by atoms with Crippen LogP contribution in [0.5, 0.6) is 5.75 Å². The molecule has 0 aliphatic heterocycles. The number of amides is 1. The molecule has 8 heteroatoms. The molecule has 2 N–H and O–H groups in total. The minimum Gasteiger partial charge on any atom is -0.506 e. The summed E-state index contributed by atoms with van der Waals surface area (Å²) in [6.07, 6.45) is 4.32. The maximum Gasteiger partial charge on any atom is 0.331 e. The largest absolute Gasteiger partial charge is 0.506 e. The van der Waals surface area contributed by atoms with E-state index in [1.165, 1.54) is 31.5 Å². The van der Waals surface area contributed by atoms with Crippen molar-refractivity contribution in [2.24, 2.45) is 0 Å². The summed E-state index contributed by atoms with van der Waals surface area (Å²) in [6, 6.07) is 6.03. The molecule has 6 nitrogen and oxygen atoms in total. The summed E-state index contributed by atoms with van der Waals surface area (Å²) in [5.74, 6) is -1.18. The predicted octanol–water partition coefficient (Wildman–Crippen LogP) is 3.92. The van der Waals surface area contributed by atoms with Crippen LogP contribution >= 0.6 is 23.2 Å². The van der Waals surface area contributed by atoms with Crippen molar-refractivity contribution < 1.29 is 19.4 Å². The van der Waals surface area contributed by atoms with Crippen LogP contribution in [0.15, 0.2) is 42.7 Å². The van der Waals surface area contributed by atoms with E-state index < -0.39 is 24.0 Å². The van der Waals surface area contributed by atoms with Crippen molar-refractivity contribution in [1.29, 1.82) is 0 Å². The van der Waals surface area contributed by atoms with Crippen molar-refractivity contribution in [2.45, 2.75) is 26.0 Å². The smallest absolute Gasteiger partial charge is 0.331 e. The summed E-state index contributed by atoms with van der Waals surface area (Å²) in [5.41, 5.74) is 1.22. The lowest BCUT2D eigenvalue weighted by Crippen LogP contribution is -2.37. The fraction of sp³-hybridized carbons (Fsp3) is 0.211. The second-order valence-electron chi connectivity index (χ2n) is 5.79. The Labute approximate surface area is 166 Å². The van der Waals surface area contributed by atoms with E-state index in [-0.39, 0.29) is 5.75 Å². The van der Waals surface area contributed by atoms with Gasteiger partial charge in [-0.25, -0.2) is 4.79 Å². The number of nitrogens with zero attached hydrogens (tertiary/aromatic N) is 1. The Kier molecular flexibility index (Phi) is 7.21. The molecule has 0 fully saturated rings. The number of carbonyl (C=O) groups excluding carboxylic acids is 2. The first-order valence-corrected chi connectivity index (χ1v) is 8.80. The molecule has 1 amide bonds. The third-order valence-electron chi connectivity index (χ3n) is 3.61. The summed E-state index contributed by atoms with van der Waals surface area (Å²) in [7, 11) is 0.